The van der Waals surface area contributed by atoms with E-state index in [2.05, 4.69) is 221 Å². The normalized spacial score (nSPS) is 11.5. The third kappa shape index (κ3) is 9.15. The fourth-order valence-corrected chi connectivity index (χ4v) is 12.0. The fourth-order valence-electron chi connectivity index (χ4n) is 12.0. The number of para-hydroxylation sites is 3. The van der Waals surface area contributed by atoms with Gasteiger partial charge in [0.1, 0.15) is 0 Å². The van der Waals surface area contributed by atoms with Crippen LogP contribution in [-0.4, -0.2) is 39.0 Å². The van der Waals surface area contributed by atoms with Crippen molar-refractivity contribution in [1.29, 1.82) is 0 Å². The highest BCUT2D eigenvalue weighted by molar-refractivity contribution is 6.11. The van der Waals surface area contributed by atoms with Gasteiger partial charge in [-0.25, -0.2) is 29.9 Å². The van der Waals surface area contributed by atoms with Gasteiger partial charge in [-0.2, -0.15) is 0 Å². The Morgan fingerprint density at radius 2 is 0.465 bits per heavy atom. The lowest BCUT2D eigenvalue weighted by molar-refractivity contribution is 1.07. The highest BCUT2D eigenvalue weighted by Crippen LogP contribution is 2.40. The second-order valence-electron chi connectivity index (χ2n) is 21.5. The van der Waals surface area contributed by atoms with Crippen molar-refractivity contribution < 1.29 is 0 Å². The monoisotopic (exact) mass is 1100 g/mol. The predicted molar refractivity (Wildman–Crippen MR) is 351 cm³/mol. The first-order valence-electron chi connectivity index (χ1n) is 28.8. The molecule has 0 fully saturated rings. The lowest BCUT2D eigenvalue weighted by Gasteiger charge is -2.14. The summed E-state index contributed by atoms with van der Waals surface area (Å²) in [5.74, 6) is 3.62. The van der Waals surface area contributed by atoms with E-state index in [0.717, 1.165) is 99.9 Å². The molecule has 0 amide bonds. The molecule has 0 radical (unpaired) electrons. The van der Waals surface area contributed by atoms with Gasteiger partial charge in [0.15, 0.2) is 34.9 Å². The second kappa shape index (κ2) is 21.2. The van der Waals surface area contributed by atoms with Crippen molar-refractivity contribution in [2.45, 2.75) is 0 Å². The molecule has 0 spiro atoms. The van der Waals surface area contributed by atoms with Crippen LogP contribution in [0.15, 0.2) is 303 Å². The lowest BCUT2D eigenvalue weighted by atomic mass is 10.00. The molecule has 0 saturated heterocycles. The molecule has 0 aliphatic heterocycles. The van der Waals surface area contributed by atoms with Crippen LogP contribution in [0.1, 0.15) is 0 Å². The van der Waals surface area contributed by atoms with Crippen LogP contribution in [0, 0.1) is 0 Å². The molecular formula is C78H50N8. The number of benzene rings is 12. The molecule has 16 rings (SSSR count). The van der Waals surface area contributed by atoms with Crippen LogP contribution in [-0.2, 0) is 0 Å². The van der Waals surface area contributed by atoms with E-state index >= 15 is 0 Å². The van der Waals surface area contributed by atoms with Crippen LogP contribution in [0.25, 0.3) is 157 Å². The van der Waals surface area contributed by atoms with Crippen LogP contribution in [0.4, 0.5) is 0 Å². The van der Waals surface area contributed by atoms with Crippen LogP contribution < -0.4 is 0 Å². The molecule has 0 N–H and O–H groups in total. The van der Waals surface area contributed by atoms with Gasteiger partial charge in [0.05, 0.1) is 22.1 Å². The molecule has 0 aliphatic carbocycles. The third-order valence-corrected chi connectivity index (χ3v) is 16.2. The van der Waals surface area contributed by atoms with Gasteiger partial charge < -0.3 is 9.13 Å². The van der Waals surface area contributed by atoms with Gasteiger partial charge in [-0.1, -0.05) is 237 Å². The number of aromatic nitrogens is 8. The molecule has 8 nitrogen and oxygen atoms in total. The molecule has 4 heterocycles. The molecule has 402 valence electrons. The molecule has 0 saturated carbocycles. The zero-order chi connectivity index (χ0) is 56.9. The zero-order valence-electron chi connectivity index (χ0n) is 46.4. The van der Waals surface area contributed by atoms with Crippen LogP contribution >= 0.6 is 0 Å². The molecule has 8 heteroatoms. The average Bonchev–Trinajstić information content (AvgIpc) is 1.90. The molecule has 0 aliphatic rings. The summed E-state index contributed by atoms with van der Waals surface area (Å²) in [5.41, 5.74) is 18.6. The summed E-state index contributed by atoms with van der Waals surface area (Å²) >= 11 is 0. The van der Waals surface area contributed by atoms with Gasteiger partial charge in [-0.3, -0.25) is 0 Å². The zero-order valence-corrected chi connectivity index (χ0v) is 46.4. The molecule has 4 aromatic heterocycles. The minimum atomic E-state index is 0.591. The van der Waals surface area contributed by atoms with Gasteiger partial charge in [0.2, 0.25) is 0 Å². The van der Waals surface area contributed by atoms with E-state index in [4.69, 9.17) is 29.9 Å². The highest BCUT2D eigenvalue weighted by Gasteiger charge is 2.20. The van der Waals surface area contributed by atoms with Crippen molar-refractivity contribution in [2.75, 3.05) is 0 Å². The molecule has 12 aromatic carbocycles. The maximum atomic E-state index is 5.21. The van der Waals surface area contributed by atoms with Gasteiger partial charge in [-0.05, 0) is 100 Å². The molecule has 16 aromatic rings. The van der Waals surface area contributed by atoms with Crippen molar-refractivity contribution in [3.8, 4) is 113 Å². The van der Waals surface area contributed by atoms with E-state index in [-0.39, 0.29) is 0 Å². The molecule has 0 bridgehead atoms. The van der Waals surface area contributed by atoms with Crippen molar-refractivity contribution in [3.05, 3.63) is 303 Å². The standard InChI is InChI=1S/C78H50N8/c1-5-20-51(21-6-1)61-47-62(78-83-74(55-24-9-3-10-25-55)79-75(84-78)56-26-11-4-12-27-56)49-64(48-61)86-71-35-18-15-32-67(71)68-50-59(42-45-72(68)86)58-28-19-29-60(46-58)77-81-73(54-22-7-2-8-23-54)80-76(82-77)57-38-36-52(37-39-57)53-40-43-63(44-41-53)85-69-33-16-13-30-65(69)66-31-14-17-34-70(66)85/h1-50H. The predicted octanol–water partition coefficient (Wildman–Crippen LogP) is 19.3. The largest absolute Gasteiger partial charge is 0.309 e. The third-order valence-electron chi connectivity index (χ3n) is 16.2. The van der Waals surface area contributed by atoms with E-state index in [0.29, 0.717) is 34.9 Å². The van der Waals surface area contributed by atoms with Crippen molar-refractivity contribution in [1.82, 2.24) is 39.0 Å². The first-order valence-corrected chi connectivity index (χ1v) is 28.8. The number of hydrogen-bond acceptors (Lipinski definition) is 6. The SMILES string of the molecule is c1ccc(-c2cc(-c3nc(-c4ccccc4)nc(-c4ccccc4)n3)cc(-n3c4ccccc4c4cc(-c5cccc(-c6nc(-c7ccccc7)nc(-c7ccc(-c8ccc(-n9c%10ccccc%10c%10ccccc%109)cc8)cc7)n6)c5)ccc43)c2)cc1. The Hall–Kier alpha value is -11.7. The summed E-state index contributed by atoms with van der Waals surface area (Å²) in [4.78, 5) is 30.9. The van der Waals surface area contributed by atoms with E-state index in [1.807, 2.05) is 91.0 Å². The Morgan fingerprint density at radius 1 is 0.163 bits per heavy atom. The van der Waals surface area contributed by atoms with Crippen LogP contribution in [0.5, 0.6) is 0 Å². The molecule has 86 heavy (non-hydrogen) atoms. The number of hydrogen-bond donors (Lipinski definition) is 0. The first-order chi connectivity index (χ1) is 42.6. The van der Waals surface area contributed by atoms with Crippen molar-refractivity contribution in [2.24, 2.45) is 0 Å². The topological polar surface area (TPSA) is 87.2 Å². The summed E-state index contributed by atoms with van der Waals surface area (Å²) < 4.78 is 4.71. The smallest absolute Gasteiger partial charge is 0.164 e. The van der Waals surface area contributed by atoms with E-state index < -0.39 is 0 Å². The maximum absolute atomic E-state index is 5.21. The number of rotatable bonds is 11. The second-order valence-corrected chi connectivity index (χ2v) is 21.5. The molecule has 0 atom stereocenters. The molecular weight excluding hydrogens is 1050 g/mol. The van der Waals surface area contributed by atoms with Crippen LogP contribution in [0.3, 0.4) is 0 Å². The lowest BCUT2D eigenvalue weighted by Crippen LogP contribution is -2.01. The first kappa shape index (κ1) is 50.0. The Morgan fingerprint density at radius 3 is 0.977 bits per heavy atom. The average molecular weight is 1100 g/mol. The fraction of sp³-hybridized carbons (Fsp3) is 0. The van der Waals surface area contributed by atoms with Gasteiger partial charge >= 0.3 is 0 Å². The van der Waals surface area contributed by atoms with E-state index in [1.54, 1.807) is 0 Å². The number of nitrogens with zero attached hydrogens (tertiary/aromatic N) is 8. The van der Waals surface area contributed by atoms with Crippen molar-refractivity contribution >= 4 is 43.6 Å². The Kier molecular flexibility index (Phi) is 12.3. The maximum Gasteiger partial charge on any atom is 0.164 e. The quantitative estimate of drug-likeness (QED) is 0.128. The number of fused-ring (bicyclic) bond motifs is 6. The minimum absolute atomic E-state index is 0.591. The minimum Gasteiger partial charge on any atom is -0.309 e. The summed E-state index contributed by atoms with van der Waals surface area (Å²) in [6.45, 7) is 0. The molecule has 0 unspecified atom stereocenters. The summed E-state index contributed by atoms with van der Waals surface area (Å²) in [6.07, 6.45) is 0. The van der Waals surface area contributed by atoms with E-state index in [1.165, 1.54) is 21.8 Å². The Labute approximate surface area is 496 Å². The van der Waals surface area contributed by atoms with Gasteiger partial charge in [0.25, 0.3) is 0 Å². The van der Waals surface area contributed by atoms with E-state index in [9.17, 15) is 0 Å². The van der Waals surface area contributed by atoms with Crippen LogP contribution in [0.2, 0.25) is 0 Å². The summed E-state index contributed by atoms with van der Waals surface area (Å²) in [5, 5.41) is 4.77. The summed E-state index contributed by atoms with van der Waals surface area (Å²) in [7, 11) is 0. The van der Waals surface area contributed by atoms with Gasteiger partial charge in [0, 0.05) is 66.3 Å². The Bertz CT molecular complexity index is 5080. The van der Waals surface area contributed by atoms with Gasteiger partial charge in [-0.15, -0.1) is 0 Å². The van der Waals surface area contributed by atoms with Crippen molar-refractivity contribution in [3.63, 3.8) is 0 Å². The highest BCUT2D eigenvalue weighted by atomic mass is 15.0. The Balaban J connectivity index is 0.762. The summed E-state index contributed by atoms with van der Waals surface area (Å²) in [6, 6.07) is 106.